The van der Waals surface area contributed by atoms with Crippen molar-refractivity contribution in [3.8, 4) is 0 Å². The van der Waals surface area contributed by atoms with Gasteiger partial charge in [-0.2, -0.15) is 0 Å². The van der Waals surface area contributed by atoms with Crippen LogP contribution in [-0.2, 0) is 0 Å². The highest BCUT2D eigenvalue weighted by Gasteiger charge is 2.14. The number of anilines is 1. The van der Waals surface area contributed by atoms with Crippen LogP contribution in [0.1, 0.15) is 42.5 Å². The lowest BCUT2D eigenvalue weighted by Gasteiger charge is -2.22. The summed E-state index contributed by atoms with van der Waals surface area (Å²) in [6.07, 6.45) is 6.54. The number of hydrogen-bond acceptors (Lipinski definition) is 2. The van der Waals surface area contributed by atoms with Crippen molar-refractivity contribution in [2.45, 2.75) is 32.1 Å². The smallest absolute Gasteiger partial charge is 0.335 e. The Morgan fingerprint density at radius 3 is 2.67 bits per heavy atom. The summed E-state index contributed by atoms with van der Waals surface area (Å²) in [5, 5.41) is 12.7. The SMILES string of the molecule is O=C(O)c1ccc(NCC2CCCCC2)c(Cl)c1. The van der Waals surface area contributed by atoms with Gasteiger partial charge in [0.15, 0.2) is 0 Å². The van der Waals surface area contributed by atoms with Crippen LogP contribution in [-0.4, -0.2) is 17.6 Å². The molecule has 0 heterocycles. The number of halogens is 1. The number of hydrogen-bond donors (Lipinski definition) is 2. The molecule has 0 saturated heterocycles. The molecule has 0 atom stereocenters. The molecule has 4 heteroatoms. The maximum Gasteiger partial charge on any atom is 0.335 e. The topological polar surface area (TPSA) is 49.3 Å². The molecule has 0 bridgehead atoms. The Morgan fingerprint density at radius 1 is 1.33 bits per heavy atom. The Bertz CT molecular complexity index is 428. The third-order valence-corrected chi connectivity index (χ3v) is 3.83. The summed E-state index contributed by atoms with van der Waals surface area (Å²) in [4.78, 5) is 10.8. The predicted molar refractivity (Wildman–Crippen MR) is 73.5 cm³/mol. The number of carbonyl (C=O) groups is 1. The van der Waals surface area contributed by atoms with Gasteiger partial charge in [0.05, 0.1) is 16.3 Å². The average molecular weight is 268 g/mol. The normalized spacial score (nSPS) is 16.5. The van der Waals surface area contributed by atoms with E-state index in [9.17, 15) is 4.79 Å². The molecule has 0 aliphatic heterocycles. The first-order valence-electron chi connectivity index (χ1n) is 6.43. The van der Waals surface area contributed by atoms with E-state index in [1.165, 1.54) is 38.2 Å². The molecular weight excluding hydrogens is 250 g/mol. The molecule has 1 fully saturated rings. The zero-order valence-corrected chi connectivity index (χ0v) is 11.0. The lowest BCUT2D eigenvalue weighted by atomic mass is 9.89. The highest BCUT2D eigenvalue weighted by Crippen LogP contribution is 2.27. The molecule has 0 amide bonds. The van der Waals surface area contributed by atoms with Gasteiger partial charge < -0.3 is 10.4 Å². The quantitative estimate of drug-likeness (QED) is 0.866. The summed E-state index contributed by atoms with van der Waals surface area (Å²) in [6.45, 7) is 0.923. The van der Waals surface area contributed by atoms with Gasteiger partial charge in [-0.15, -0.1) is 0 Å². The van der Waals surface area contributed by atoms with Gasteiger partial charge in [-0.3, -0.25) is 0 Å². The molecule has 3 nitrogen and oxygen atoms in total. The van der Waals surface area contributed by atoms with Gasteiger partial charge in [-0.05, 0) is 37.0 Å². The Hall–Kier alpha value is -1.22. The first kappa shape index (κ1) is 13.2. The zero-order chi connectivity index (χ0) is 13.0. The van der Waals surface area contributed by atoms with Crippen molar-refractivity contribution < 1.29 is 9.90 Å². The Labute approximate surface area is 112 Å². The van der Waals surface area contributed by atoms with Gasteiger partial charge in [-0.25, -0.2) is 4.79 Å². The van der Waals surface area contributed by atoms with Gasteiger partial charge in [0.1, 0.15) is 0 Å². The third kappa shape index (κ3) is 3.39. The maximum absolute atomic E-state index is 10.8. The van der Waals surface area contributed by atoms with E-state index < -0.39 is 5.97 Å². The van der Waals surface area contributed by atoms with Crippen LogP contribution >= 0.6 is 11.6 Å². The summed E-state index contributed by atoms with van der Waals surface area (Å²) in [6, 6.07) is 4.82. The van der Waals surface area contributed by atoms with Crippen LogP contribution < -0.4 is 5.32 Å². The van der Waals surface area contributed by atoms with Crippen molar-refractivity contribution in [2.24, 2.45) is 5.92 Å². The van der Waals surface area contributed by atoms with E-state index in [2.05, 4.69) is 5.32 Å². The molecule has 1 saturated carbocycles. The van der Waals surface area contributed by atoms with Crippen LogP contribution in [0.5, 0.6) is 0 Å². The van der Waals surface area contributed by atoms with E-state index in [1.54, 1.807) is 12.1 Å². The largest absolute Gasteiger partial charge is 0.478 e. The van der Waals surface area contributed by atoms with E-state index >= 15 is 0 Å². The number of carboxylic acids is 1. The Balaban J connectivity index is 1.94. The van der Waals surface area contributed by atoms with E-state index in [1.807, 2.05) is 0 Å². The molecule has 2 rings (SSSR count). The van der Waals surface area contributed by atoms with Crippen molar-refractivity contribution in [3.05, 3.63) is 28.8 Å². The zero-order valence-electron chi connectivity index (χ0n) is 10.3. The van der Waals surface area contributed by atoms with Crippen molar-refractivity contribution in [2.75, 3.05) is 11.9 Å². The summed E-state index contributed by atoms with van der Waals surface area (Å²) < 4.78 is 0. The minimum absolute atomic E-state index is 0.225. The number of benzene rings is 1. The molecule has 0 radical (unpaired) electrons. The first-order chi connectivity index (χ1) is 8.66. The molecule has 0 spiro atoms. The Kier molecular flexibility index (Phi) is 4.48. The molecule has 18 heavy (non-hydrogen) atoms. The van der Waals surface area contributed by atoms with Crippen LogP contribution in [0.4, 0.5) is 5.69 Å². The predicted octanol–water partition coefficient (Wildman–Crippen LogP) is 4.03. The third-order valence-electron chi connectivity index (χ3n) is 3.52. The van der Waals surface area contributed by atoms with Crippen molar-refractivity contribution in [3.63, 3.8) is 0 Å². The van der Waals surface area contributed by atoms with Gasteiger partial charge in [0.2, 0.25) is 0 Å². The summed E-state index contributed by atoms with van der Waals surface area (Å²) in [7, 11) is 0. The lowest BCUT2D eigenvalue weighted by molar-refractivity contribution is 0.0697. The number of rotatable bonds is 4. The van der Waals surface area contributed by atoms with Gasteiger partial charge in [-0.1, -0.05) is 30.9 Å². The second kappa shape index (κ2) is 6.10. The van der Waals surface area contributed by atoms with Crippen LogP contribution in [0.15, 0.2) is 18.2 Å². The van der Waals surface area contributed by atoms with Gasteiger partial charge in [0.25, 0.3) is 0 Å². The fourth-order valence-electron chi connectivity index (χ4n) is 2.44. The van der Waals surface area contributed by atoms with Gasteiger partial charge >= 0.3 is 5.97 Å². The molecule has 98 valence electrons. The van der Waals surface area contributed by atoms with E-state index in [4.69, 9.17) is 16.7 Å². The summed E-state index contributed by atoms with van der Waals surface area (Å²) in [5.41, 5.74) is 1.05. The first-order valence-corrected chi connectivity index (χ1v) is 6.81. The second-order valence-electron chi connectivity index (χ2n) is 4.88. The van der Waals surface area contributed by atoms with Crippen molar-refractivity contribution in [1.29, 1.82) is 0 Å². The summed E-state index contributed by atoms with van der Waals surface area (Å²) >= 11 is 6.07. The fourth-order valence-corrected chi connectivity index (χ4v) is 2.68. The van der Waals surface area contributed by atoms with E-state index in [0.29, 0.717) is 10.9 Å². The molecule has 1 aromatic carbocycles. The Morgan fingerprint density at radius 2 is 2.06 bits per heavy atom. The van der Waals surface area contributed by atoms with Crippen molar-refractivity contribution >= 4 is 23.3 Å². The number of carboxylic acid groups (broad SMARTS) is 1. The molecular formula is C14H18ClNO2. The molecule has 0 aromatic heterocycles. The standard InChI is InChI=1S/C14H18ClNO2/c15-12-8-11(14(17)18)6-7-13(12)16-9-10-4-2-1-3-5-10/h6-8,10,16H,1-5,9H2,(H,17,18). The van der Waals surface area contributed by atoms with Crippen molar-refractivity contribution in [1.82, 2.24) is 0 Å². The monoisotopic (exact) mass is 267 g/mol. The second-order valence-corrected chi connectivity index (χ2v) is 5.29. The highest BCUT2D eigenvalue weighted by atomic mass is 35.5. The molecule has 1 aliphatic carbocycles. The molecule has 1 aromatic rings. The van der Waals surface area contributed by atoms with E-state index in [0.717, 1.165) is 12.2 Å². The van der Waals surface area contributed by atoms with Gasteiger partial charge in [0, 0.05) is 6.54 Å². The minimum Gasteiger partial charge on any atom is -0.478 e. The average Bonchev–Trinajstić information content (AvgIpc) is 2.38. The molecule has 2 N–H and O–H groups in total. The van der Waals surface area contributed by atoms with Crippen LogP contribution in [0.25, 0.3) is 0 Å². The fraction of sp³-hybridized carbons (Fsp3) is 0.500. The molecule has 0 unspecified atom stereocenters. The highest BCUT2D eigenvalue weighted by molar-refractivity contribution is 6.33. The minimum atomic E-state index is -0.948. The number of aromatic carboxylic acids is 1. The number of nitrogens with one attached hydrogen (secondary N) is 1. The maximum atomic E-state index is 10.8. The van der Waals surface area contributed by atoms with E-state index in [-0.39, 0.29) is 5.56 Å². The van der Waals surface area contributed by atoms with Crippen LogP contribution in [0.3, 0.4) is 0 Å². The lowest BCUT2D eigenvalue weighted by Crippen LogP contribution is -2.17. The molecule has 1 aliphatic rings. The summed E-state index contributed by atoms with van der Waals surface area (Å²) in [5.74, 6) is -0.232. The van der Waals surface area contributed by atoms with Crippen LogP contribution in [0, 0.1) is 5.92 Å². The van der Waals surface area contributed by atoms with Crippen LogP contribution in [0.2, 0.25) is 5.02 Å².